The molecule has 57 heavy (non-hydrogen) atoms. The molecule has 2 N–H and O–H groups in total. The highest BCUT2D eigenvalue weighted by Crippen LogP contribution is 2.48. The zero-order chi connectivity index (χ0) is 39.5. The van der Waals surface area contributed by atoms with Gasteiger partial charge in [0.2, 0.25) is 5.91 Å². The molecule has 0 radical (unpaired) electrons. The third-order valence-corrected chi connectivity index (χ3v) is 14.3. The van der Waals surface area contributed by atoms with Crippen molar-refractivity contribution < 1.29 is 32.3 Å². The first kappa shape index (κ1) is 37.6. The van der Waals surface area contributed by atoms with Gasteiger partial charge >= 0.3 is 10.2 Å². The van der Waals surface area contributed by atoms with Crippen LogP contribution < -0.4 is 14.8 Å². The van der Waals surface area contributed by atoms with Crippen LogP contribution in [0.3, 0.4) is 0 Å². The number of hydrogen-bond acceptors (Lipinski definition) is 8. The van der Waals surface area contributed by atoms with Gasteiger partial charge in [-0.25, -0.2) is 4.72 Å². The summed E-state index contributed by atoms with van der Waals surface area (Å²) in [5, 5.41) is 8.63. The highest BCUT2D eigenvalue weighted by atomic mass is 32.2. The van der Waals surface area contributed by atoms with E-state index in [-0.39, 0.29) is 49.6 Å². The molecular weight excluding hydrogens is 747 g/mol. The maximum Gasteiger partial charge on any atom is 0.304 e. The van der Waals surface area contributed by atoms with E-state index < -0.39 is 21.5 Å². The number of aromatic nitrogens is 3. The Balaban J connectivity index is 1.18. The number of rotatable bonds is 7. The van der Waals surface area contributed by atoms with E-state index in [4.69, 9.17) is 9.47 Å². The molecule has 9 rings (SSSR count). The topological polar surface area (TPSA) is 157 Å². The molecule has 0 bridgehead atoms. The molecule has 2 aromatic carbocycles. The van der Waals surface area contributed by atoms with Crippen molar-refractivity contribution in [3.05, 3.63) is 70.5 Å². The van der Waals surface area contributed by atoms with Crippen LogP contribution >= 0.6 is 0 Å². The monoisotopic (exact) mass is 795 g/mol. The van der Waals surface area contributed by atoms with Gasteiger partial charge in [-0.2, -0.15) is 17.8 Å². The molecule has 1 unspecified atom stereocenters. The number of nitrogens with one attached hydrogen (secondary N) is 2. The SMILES string of the molecule is COc1ccc2c(c1)C=C(c1c(C(=O)N3CCCC4(CCNC4=O)C3)cnn1C)Cn1c-2c(C2CCCCC2)c2ccc(C(=O)NS(=O)(=O)N3CCOCC3)cc21. The smallest absolute Gasteiger partial charge is 0.304 e. The third-order valence-electron chi connectivity index (χ3n) is 12.8. The molecule has 4 aromatic rings. The molecule has 3 saturated heterocycles. The number of piperidine rings is 1. The van der Waals surface area contributed by atoms with Crippen LogP contribution in [0.1, 0.15) is 94.8 Å². The third kappa shape index (κ3) is 6.62. The number of allylic oxidation sites excluding steroid dienone is 1. The highest BCUT2D eigenvalue weighted by molar-refractivity contribution is 7.87. The Hall–Kier alpha value is -4.99. The van der Waals surface area contributed by atoms with Crippen LogP contribution in [0.15, 0.2) is 42.6 Å². The molecule has 6 heterocycles. The maximum atomic E-state index is 14.6. The second kappa shape index (κ2) is 14.7. The van der Waals surface area contributed by atoms with E-state index in [0.717, 1.165) is 71.8 Å². The first-order chi connectivity index (χ1) is 27.6. The summed E-state index contributed by atoms with van der Waals surface area (Å²) in [4.78, 5) is 43.1. The normalized spacial score (nSPS) is 21.8. The van der Waals surface area contributed by atoms with Crippen LogP contribution in [0.25, 0.3) is 33.8 Å². The Morgan fingerprint density at radius 3 is 2.56 bits per heavy atom. The molecule has 1 aliphatic carbocycles. The number of likely N-dealkylation sites (tertiary alicyclic amines) is 1. The molecule has 300 valence electrons. The zero-order valence-corrected chi connectivity index (χ0v) is 33.3. The number of benzene rings is 2. The highest BCUT2D eigenvalue weighted by Gasteiger charge is 2.46. The molecule has 1 spiro atoms. The Morgan fingerprint density at radius 1 is 1.00 bits per heavy atom. The number of fused-ring (bicyclic) bond motifs is 5. The summed E-state index contributed by atoms with van der Waals surface area (Å²) in [6.07, 6.45) is 11.5. The van der Waals surface area contributed by atoms with Crippen molar-refractivity contribution in [1.29, 1.82) is 0 Å². The number of carbonyl (C=O) groups excluding carboxylic acids is 3. The minimum absolute atomic E-state index is 0.0240. The largest absolute Gasteiger partial charge is 0.497 e. The maximum absolute atomic E-state index is 14.6. The minimum Gasteiger partial charge on any atom is -0.497 e. The summed E-state index contributed by atoms with van der Waals surface area (Å²) in [6.45, 7) is 2.78. The Morgan fingerprint density at radius 2 is 1.81 bits per heavy atom. The number of ether oxygens (including phenoxy) is 2. The number of carbonyl (C=O) groups is 3. The van der Waals surface area contributed by atoms with Gasteiger partial charge < -0.3 is 24.3 Å². The Kier molecular flexibility index (Phi) is 9.72. The van der Waals surface area contributed by atoms with Gasteiger partial charge in [-0.3, -0.25) is 19.1 Å². The van der Waals surface area contributed by atoms with Crippen molar-refractivity contribution in [3.63, 3.8) is 0 Å². The number of nitrogens with zero attached hydrogens (tertiary/aromatic N) is 5. The summed E-state index contributed by atoms with van der Waals surface area (Å²) >= 11 is 0. The number of morpholine rings is 1. The molecule has 5 aliphatic rings. The standard InChI is InChI=1S/C42H49N7O7S/c1-46-37(34(24-44-46)40(51)47-16-6-13-42(26-47)14-15-43-41(42)52)30-21-29-22-31(55-2)10-12-32(29)38-36(27-7-4-3-5-8-27)33-11-9-28(23-35(33)49(38)25-30)39(50)45-57(53,54)48-17-19-56-20-18-48/h9-12,21-24,27H,3-8,13-20,25-26H2,1-2H3,(H,43,52)(H,45,50). The molecular formula is C42H49N7O7S. The summed E-state index contributed by atoms with van der Waals surface area (Å²) in [5.74, 6) is 0.138. The van der Waals surface area contributed by atoms with Gasteiger partial charge in [0, 0.05) is 61.8 Å². The lowest BCUT2D eigenvalue weighted by atomic mass is 9.78. The minimum atomic E-state index is -4.08. The fourth-order valence-corrected chi connectivity index (χ4v) is 11.0. The first-order valence-corrected chi connectivity index (χ1v) is 21.6. The molecule has 15 heteroatoms. The number of hydrogen-bond donors (Lipinski definition) is 2. The molecule has 1 atom stereocenters. The number of aryl methyl sites for hydroxylation is 1. The van der Waals surface area contributed by atoms with Gasteiger partial charge in [0.1, 0.15) is 5.75 Å². The van der Waals surface area contributed by atoms with Gasteiger partial charge in [-0.05, 0) is 91.1 Å². The zero-order valence-electron chi connectivity index (χ0n) is 32.5. The molecule has 1 saturated carbocycles. The van der Waals surface area contributed by atoms with Crippen molar-refractivity contribution >= 4 is 50.5 Å². The molecule has 2 aromatic heterocycles. The second-order valence-electron chi connectivity index (χ2n) is 16.1. The summed E-state index contributed by atoms with van der Waals surface area (Å²) in [7, 11) is -0.598. The van der Waals surface area contributed by atoms with Crippen molar-refractivity contribution in [2.45, 2.75) is 63.8 Å². The lowest BCUT2D eigenvalue weighted by Crippen LogP contribution is -2.49. The van der Waals surface area contributed by atoms with Gasteiger partial charge in [0.05, 0.1) is 55.4 Å². The average molecular weight is 796 g/mol. The predicted molar refractivity (Wildman–Crippen MR) is 215 cm³/mol. The molecule has 14 nitrogen and oxygen atoms in total. The van der Waals surface area contributed by atoms with Crippen molar-refractivity contribution in [3.8, 4) is 17.0 Å². The number of amides is 3. The van der Waals surface area contributed by atoms with E-state index in [1.165, 1.54) is 16.3 Å². The average Bonchev–Trinajstić information content (AvgIpc) is 3.85. The van der Waals surface area contributed by atoms with Crippen molar-refractivity contribution in [2.75, 3.05) is 53.0 Å². The van der Waals surface area contributed by atoms with Crippen molar-refractivity contribution in [2.24, 2.45) is 12.5 Å². The quantitative estimate of drug-likeness (QED) is 0.273. The summed E-state index contributed by atoms with van der Waals surface area (Å²) in [5.41, 5.74) is 6.63. The molecule has 4 aliphatic heterocycles. The van der Waals surface area contributed by atoms with E-state index in [2.05, 4.69) is 31.8 Å². The Bertz CT molecular complexity index is 2420. The Labute approximate surface area is 332 Å². The van der Waals surface area contributed by atoms with Crippen LogP contribution in [-0.4, -0.2) is 103 Å². The number of methoxy groups -OCH3 is 1. The van der Waals surface area contributed by atoms with Crippen LogP contribution in [0.4, 0.5) is 0 Å². The lowest BCUT2D eigenvalue weighted by Gasteiger charge is -2.38. The van der Waals surface area contributed by atoms with Gasteiger partial charge in [-0.15, -0.1) is 0 Å². The summed E-state index contributed by atoms with van der Waals surface area (Å²) in [6, 6.07) is 11.6. The lowest BCUT2D eigenvalue weighted by molar-refractivity contribution is -0.129. The van der Waals surface area contributed by atoms with Gasteiger partial charge in [-0.1, -0.05) is 25.3 Å². The van der Waals surface area contributed by atoms with Crippen LogP contribution in [0, 0.1) is 5.41 Å². The van der Waals surface area contributed by atoms with Gasteiger partial charge in [0.15, 0.2) is 0 Å². The van der Waals surface area contributed by atoms with Crippen LogP contribution in [0.2, 0.25) is 0 Å². The first-order valence-electron chi connectivity index (χ1n) is 20.1. The van der Waals surface area contributed by atoms with Gasteiger partial charge in [0.25, 0.3) is 11.8 Å². The molecule has 4 fully saturated rings. The second-order valence-corrected chi connectivity index (χ2v) is 17.8. The fourth-order valence-electron chi connectivity index (χ4n) is 9.91. The molecule has 3 amide bonds. The van der Waals surface area contributed by atoms with E-state index in [1.54, 1.807) is 30.1 Å². The fraction of sp³-hybridized carbons (Fsp3) is 0.476. The van der Waals surface area contributed by atoms with Crippen LogP contribution in [-0.2, 0) is 33.3 Å². The predicted octanol–water partition coefficient (Wildman–Crippen LogP) is 4.70. The van der Waals surface area contributed by atoms with E-state index in [9.17, 15) is 22.8 Å². The van der Waals surface area contributed by atoms with Crippen molar-refractivity contribution in [1.82, 2.24) is 33.6 Å². The van der Waals surface area contributed by atoms with Crippen LogP contribution in [0.5, 0.6) is 5.75 Å². The van der Waals surface area contributed by atoms with E-state index in [0.29, 0.717) is 49.6 Å². The van der Waals surface area contributed by atoms with E-state index in [1.807, 2.05) is 30.1 Å². The van der Waals surface area contributed by atoms with E-state index >= 15 is 0 Å². The summed E-state index contributed by atoms with van der Waals surface area (Å²) < 4.78 is 45.1.